The molecule has 0 aliphatic carbocycles. The number of sulfonamides is 1. The summed E-state index contributed by atoms with van der Waals surface area (Å²) in [4.78, 5) is 12.5. The number of carbonyl (C=O) groups excluding carboxylic acids is 1. The monoisotopic (exact) mass is 404 g/mol. The van der Waals surface area contributed by atoms with Crippen LogP contribution < -0.4 is 9.62 Å². The van der Waals surface area contributed by atoms with Gasteiger partial charge in [-0.1, -0.05) is 23.2 Å². The Hall–Kier alpha value is -1.83. The highest BCUT2D eigenvalue weighted by Gasteiger charge is 2.29. The highest BCUT2D eigenvalue weighted by atomic mass is 35.5. The average molecular weight is 405 g/mol. The van der Waals surface area contributed by atoms with E-state index >= 15 is 0 Å². The lowest BCUT2D eigenvalue weighted by molar-refractivity contribution is -0.116. The largest absolute Gasteiger partial charge is 0.323 e. The molecule has 0 unspecified atom stereocenters. The number of hydrogen-bond acceptors (Lipinski definition) is 3. The van der Waals surface area contributed by atoms with Crippen LogP contribution in [0.5, 0.6) is 0 Å². The number of hydrogen-bond donors (Lipinski definition) is 1. The van der Waals surface area contributed by atoms with Gasteiger partial charge >= 0.3 is 0 Å². The number of nitrogens with zero attached hydrogens (tertiary/aromatic N) is 1. The van der Waals surface area contributed by atoms with E-state index in [0.29, 0.717) is 5.02 Å². The van der Waals surface area contributed by atoms with E-state index in [0.717, 1.165) is 22.7 Å². The van der Waals surface area contributed by atoms with Gasteiger partial charge in [-0.2, -0.15) is 0 Å². The lowest BCUT2D eigenvalue weighted by Crippen LogP contribution is -2.45. The zero-order valence-corrected chi connectivity index (χ0v) is 15.7. The molecule has 5 nitrogen and oxygen atoms in total. The van der Waals surface area contributed by atoms with E-state index in [2.05, 4.69) is 5.32 Å². The first-order valence-corrected chi connectivity index (χ1v) is 9.71. The van der Waals surface area contributed by atoms with Gasteiger partial charge in [0.05, 0.1) is 22.7 Å². The lowest BCUT2D eigenvalue weighted by atomic mass is 10.2. The quantitative estimate of drug-likeness (QED) is 0.820. The first-order chi connectivity index (χ1) is 11.6. The van der Waals surface area contributed by atoms with Crippen molar-refractivity contribution in [3.05, 3.63) is 58.3 Å². The molecule has 2 aromatic rings. The predicted octanol–water partition coefficient (Wildman–Crippen LogP) is 3.93. The van der Waals surface area contributed by atoms with Crippen LogP contribution in [-0.2, 0) is 14.8 Å². The number of nitrogens with one attached hydrogen (secondary N) is 1. The molecule has 2 aromatic carbocycles. The maximum absolute atomic E-state index is 13.1. The number of rotatable bonds is 5. The van der Waals surface area contributed by atoms with Gasteiger partial charge in [0, 0.05) is 5.02 Å². The fraction of sp³-hybridized carbons (Fsp3) is 0.188. The Kier molecular flexibility index (Phi) is 5.92. The van der Waals surface area contributed by atoms with E-state index in [-0.39, 0.29) is 16.4 Å². The van der Waals surface area contributed by atoms with Crippen molar-refractivity contribution in [1.82, 2.24) is 0 Å². The van der Waals surface area contributed by atoms with Crippen LogP contribution in [0.4, 0.5) is 15.8 Å². The van der Waals surface area contributed by atoms with Crippen molar-refractivity contribution in [2.45, 2.75) is 13.0 Å². The third-order valence-corrected chi connectivity index (χ3v) is 5.16. The summed E-state index contributed by atoms with van der Waals surface area (Å²) < 4.78 is 38.3. The normalized spacial score (nSPS) is 12.5. The molecule has 0 saturated heterocycles. The van der Waals surface area contributed by atoms with Gasteiger partial charge in [0.1, 0.15) is 11.9 Å². The third-order valence-electron chi connectivity index (χ3n) is 3.36. The molecule has 134 valence electrons. The summed E-state index contributed by atoms with van der Waals surface area (Å²) in [6.07, 6.45) is 0.965. The zero-order valence-electron chi connectivity index (χ0n) is 13.3. The van der Waals surface area contributed by atoms with Crippen molar-refractivity contribution in [3.8, 4) is 0 Å². The minimum Gasteiger partial charge on any atom is -0.323 e. The second-order valence-electron chi connectivity index (χ2n) is 5.32. The summed E-state index contributed by atoms with van der Waals surface area (Å²) in [5, 5.41) is 3.18. The molecular formula is C16H15Cl2FN2O3S. The van der Waals surface area contributed by atoms with Gasteiger partial charge in [-0.25, -0.2) is 12.8 Å². The van der Waals surface area contributed by atoms with Crippen LogP contribution in [-0.4, -0.2) is 26.6 Å². The molecule has 0 bridgehead atoms. The standard InChI is InChI=1S/C16H15Cl2FN2O3S/c1-10(16(22)20-15-9-11(17)3-8-14(15)18)21(25(2,23)24)13-6-4-12(19)5-7-13/h3-10H,1-2H3,(H,20,22)/t10-/m1/s1. The molecule has 0 heterocycles. The summed E-state index contributed by atoms with van der Waals surface area (Å²) in [5.74, 6) is -1.13. The minimum absolute atomic E-state index is 0.170. The van der Waals surface area contributed by atoms with Crippen molar-refractivity contribution in [2.24, 2.45) is 0 Å². The summed E-state index contributed by atoms with van der Waals surface area (Å²) in [5.41, 5.74) is 0.433. The molecule has 0 aliphatic heterocycles. The van der Waals surface area contributed by atoms with Gasteiger partial charge in [0.25, 0.3) is 0 Å². The lowest BCUT2D eigenvalue weighted by Gasteiger charge is -2.28. The van der Waals surface area contributed by atoms with Gasteiger partial charge in [0.15, 0.2) is 0 Å². The van der Waals surface area contributed by atoms with E-state index in [9.17, 15) is 17.6 Å². The molecule has 0 fully saturated rings. The number of carbonyl (C=O) groups is 1. The molecule has 25 heavy (non-hydrogen) atoms. The Morgan fingerprint density at radius 3 is 2.32 bits per heavy atom. The van der Waals surface area contributed by atoms with Crippen LogP contribution in [0.25, 0.3) is 0 Å². The molecule has 1 atom stereocenters. The van der Waals surface area contributed by atoms with E-state index in [1.165, 1.54) is 31.2 Å². The summed E-state index contributed by atoms with van der Waals surface area (Å²) in [6, 6.07) is 8.23. The number of amides is 1. The van der Waals surface area contributed by atoms with E-state index in [4.69, 9.17) is 23.2 Å². The molecule has 0 aliphatic rings. The number of benzene rings is 2. The highest BCUT2D eigenvalue weighted by Crippen LogP contribution is 2.27. The smallest absolute Gasteiger partial charge is 0.248 e. The van der Waals surface area contributed by atoms with E-state index < -0.39 is 27.8 Å². The predicted molar refractivity (Wildman–Crippen MR) is 98.3 cm³/mol. The third kappa shape index (κ3) is 4.84. The maximum atomic E-state index is 13.1. The van der Waals surface area contributed by atoms with Crippen LogP contribution >= 0.6 is 23.2 Å². The van der Waals surface area contributed by atoms with Crippen molar-refractivity contribution in [3.63, 3.8) is 0 Å². The second kappa shape index (κ2) is 7.59. The molecule has 0 saturated carbocycles. The SMILES string of the molecule is C[C@H](C(=O)Nc1cc(Cl)ccc1Cl)N(c1ccc(F)cc1)S(C)(=O)=O. The molecule has 1 amide bonds. The van der Waals surface area contributed by atoms with Crippen LogP contribution in [0, 0.1) is 5.82 Å². The topological polar surface area (TPSA) is 66.5 Å². The zero-order chi connectivity index (χ0) is 18.8. The van der Waals surface area contributed by atoms with E-state index in [1.807, 2.05) is 0 Å². The summed E-state index contributed by atoms with van der Waals surface area (Å²) >= 11 is 11.9. The highest BCUT2D eigenvalue weighted by molar-refractivity contribution is 7.92. The van der Waals surface area contributed by atoms with Crippen molar-refractivity contribution >= 4 is 50.5 Å². The average Bonchev–Trinajstić information content (AvgIpc) is 2.51. The summed E-state index contributed by atoms with van der Waals surface area (Å²) in [6.45, 7) is 1.41. The molecular weight excluding hydrogens is 390 g/mol. The van der Waals surface area contributed by atoms with Gasteiger partial charge in [-0.3, -0.25) is 9.10 Å². The van der Waals surface area contributed by atoms with Crippen molar-refractivity contribution < 1.29 is 17.6 Å². The van der Waals surface area contributed by atoms with Crippen LogP contribution in [0.2, 0.25) is 10.0 Å². The van der Waals surface area contributed by atoms with Gasteiger partial charge in [-0.15, -0.1) is 0 Å². The van der Waals surface area contributed by atoms with Crippen LogP contribution in [0.15, 0.2) is 42.5 Å². The van der Waals surface area contributed by atoms with Gasteiger partial charge in [-0.05, 0) is 49.4 Å². The van der Waals surface area contributed by atoms with E-state index in [1.54, 1.807) is 6.07 Å². The fourth-order valence-electron chi connectivity index (χ4n) is 2.23. The molecule has 1 N–H and O–H groups in total. The molecule has 0 radical (unpaired) electrons. The van der Waals surface area contributed by atoms with Crippen LogP contribution in [0.1, 0.15) is 6.92 Å². The first kappa shape index (κ1) is 19.5. The Balaban J connectivity index is 2.33. The Bertz CT molecular complexity index is 889. The number of anilines is 2. The van der Waals surface area contributed by atoms with Crippen molar-refractivity contribution in [1.29, 1.82) is 0 Å². The molecule has 0 aromatic heterocycles. The second-order valence-corrected chi connectivity index (χ2v) is 8.03. The minimum atomic E-state index is -3.79. The van der Waals surface area contributed by atoms with Crippen LogP contribution in [0.3, 0.4) is 0 Å². The Morgan fingerprint density at radius 1 is 1.16 bits per heavy atom. The molecule has 2 rings (SSSR count). The molecule has 9 heteroatoms. The number of halogens is 3. The van der Waals surface area contributed by atoms with Gasteiger partial charge < -0.3 is 5.32 Å². The van der Waals surface area contributed by atoms with Crippen molar-refractivity contribution in [2.75, 3.05) is 15.9 Å². The Morgan fingerprint density at radius 2 is 1.76 bits per heavy atom. The summed E-state index contributed by atoms with van der Waals surface area (Å²) in [7, 11) is -3.79. The first-order valence-electron chi connectivity index (χ1n) is 7.10. The molecule has 0 spiro atoms. The van der Waals surface area contributed by atoms with Gasteiger partial charge in [0.2, 0.25) is 15.9 Å². The maximum Gasteiger partial charge on any atom is 0.248 e. The fourth-order valence-corrected chi connectivity index (χ4v) is 3.74. The Labute approximate surface area is 155 Å².